The zero-order valence-corrected chi connectivity index (χ0v) is 14.7. The fourth-order valence-corrected chi connectivity index (χ4v) is 3.32. The molecule has 0 aliphatic rings. The van der Waals surface area contributed by atoms with Gasteiger partial charge in [0, 0.05) is 25.8 Å². The van der Waals surface area contributed by atoms with Gasteiger partial charge in [0.15, 0.2) is 0 Å². The molecule has 0 saturated heterocycles. The minimum Gasteiger partial charge on any atom is -0.361 e. The molecule has 0 aliphatic carbocycles. The SMILES string of the molecule is C=Cc1c(CC#N)c2ccccc2n1COCC[Si](C)(C)C. The van der Waals surface area contributed by atoms with Gasteiger partial charge < -0.3 is 9.30 Å². The first-order chi connectivity index (χ1) is 10.5. The molecule has 0 unspecified atom stereocenters. The largest absolute Gasteiger partial charge is 0.361 e. The highest BCUT2D eigenvalue weighted by Crippen LogP contribution is 2.27. The van der Waals surface area contributed by atoms with Gasteiger partial charge in [0.2, 0.25) is 0 Å². The van der Waals surface area contributed by atoms with Gasteiger partial charge in [0.05, 0.1) is 18.0 Å². The summed E-state index contributed by atoms with van der Waals surface area (Å²) >= 11 is 0. The second-order valence-corrected chi connectivity index (χ2v) is 12.3. The van der Waals surface area contributed by atoms with Crippen LogP contribution in [0.15, 0.2) is 30.8 Å². The Kier molecular flexibility index (Phi) is 5.22. The van der Waals surface area contributed by atoms with Crippen molar-refractivity contribution in [3.63, 3.8) is 0 Å². The number of hydrogen-bond acceptors (Lipinski definition) is 2. The highest BCUT2D eigenvalue weighted by molar-refractivity contribution is 6.76. The van der Waals surface area contributed by atoms with Crippen molar-refractivity contribution >= 4 is 25.1 Å². The molecule has 22 heavy (non-hydrogen) atoms. The average molecular weight is 312 g/mol. The third-order valence-electron chi connectivity index (χ3n) is 3.79. The molecule has 0 aliphatic heterocycles. The summed E-state index contributed by atoms with van der Waals surface area (Å²) in [5, 5.41) is 10.2. The van der Waals surface area contributed by atoms with Crippen molar-refractivity contribution in [1.29, 1.82) is 5.26 Å². The molecule has 2 rings (SSSR count). The van der Waals surface area contributed by atoms with Crippen LogP contribution in [0, 0.1) is 11.3 Å². The van der Waals surface area contributed by atoms with E-state index in [2.05, 4.69) is 49.0 Å². The normalized spacial score (nSPS) is 11.5. The Balaban J connectivity index is 2.28. The molecule has 0 bridgehead atoms. The summed E-state index contributed by atoms with van der Waals surface area (Å²) in [6.07, 6.45) is 2.22. The van der Waals surface area contributed by atoms with Crippen LogP contribution < -0.4 is 0 Å². The van der Waals surface area contributed by atoms with Crippen LogP contribution in [0.1, 0.15) is 11.3 Å². The van der Waals surface area contributed by atoms with Crippen molar-refractivity contribution in [2.45, 2.75) is 38.8 Å². The molecule has 0 spiro atoms. The van der Waals surface area contributed by atoms with E-state index in [-0.39, 0.29) is 0 Å². The van der Waals surface area contributed by atoms with E-state index >= 15 is 0 Å². The molecule has 0 N–H and O–H groups in total. The number of nitrogens with zero attached hydrogens (tertiary/aromatic N) is 2. The fraction of sp³-hybridized carbons (Fsp3) is 0.389. The van der Waals surface area contributed by atoms with Crippen LogP contribution in [0.4, 0.5) is 0 Å². The number of aromatic nitrogens is 1. The van der Waals surface area contributed by atoms with Gasteiger partial charge in [-0.2, -0.15) is 5.26 Å². The van der Waals surface area contributed by atoms with Crippen LogP contribution in [0.2, 0.25) is 25.7 Å². The summed E-state index contributed by atoms with van der Waals surface area (Å²) in [5.74, 6) is 0. The molecule has 1 heterocycles. The van der Waals surface area contributed by atoms with Gasteiger partial charge in [-0.25, -0.2) is 0 Å². The van der Waals surface area contributed by atoms with E-state index in [4.69, 9.17) is 10.00 Å². The van der Waals surface area contributed by atoms with E-state index in [1.807, 2.05) is 18.2 Å². The van der Waals surface area contributed by atoms with Crippen molar-refractivity contribution < 1.29 is 4.74 Å². The van der Waals surface area contributed by atoms with E-state index in [1.165, 1.54) is 0 Å². The Morgan fingerprint density at radius 2 is 2.05 bits per heavy atom. The van der Waals surface area contributed by atoms with Crippen LogP contribution in [0.3, 0.4) is 0 Å². The minimum atomic E-state index is -1.08. The van der Waals surface area contributed by atoms with Crippen molar-refractivity contribution in [3.8, 4) is 6.07 Å². The molecular formula is C18H24N2OSi. The maximum absolute atomic E-state index is 9.09. The molecule has 0 saturated carbocycles. The summed E-state index contributed by atoms with van der Waals surface area (Å²) in [6, 6.07) is 11.6. The minimum absolute atomic E-state index is 0.393. The van der Waals surface area contributed by atoms with Crippen molar-refractivity contribution in [3.05, 3.63) is 42.1 Å². The average Bonchev–Trinajstić information content (AvgIpc) is 2.77. The quantitative estimate of drug-likeness (QED) is 0.551. The Morgan fingerprint density at radius 3 is 2.68 bits per heavy atom. The molecule has 0 atom stereocenters. The topological polar surface area (TPSA) is 38.0 Å². The first kappa shape index (κ1) is 16.5. The molecule has 0 radical (unpaired) electrons. The zero-order chi connectivity index (χ0) is 16.2. The lowest BCUT2D eigenvalue weighted by Crippen LogP contribution is -2.22. The maximum atomic E-state index is 9.09. The van der Waals surface area contributed by atoms with Gasteiger partial charge in [0.25, 0.3) is 0 Å². The standard InChI is InChI=1S/C18H24N2OSi/c1-5-17-16(10-11-19)15-8-6-7-9-18(15)20(17)14-21-12-13-22(2,3)4/h5-9H,1,10,12-14H2,2-4H3. The summed E-state index contributed by atoms with van der Waals surface area (Å²) in [7, 11) is -1.08. The smallest absolute Gasteiger partial charge is 0.123 e. The zero-order valence-electron chi connectivity index (χ0n) is 13.7. The van der Waals surface area contributed by atoms with Gasteiger partial charge in [-0.3, -0.25) is 0 Å². The number of hydrogen-bond donors (Lipinski definition) is 0. The molecule has 0 fully saturated rings. The Bertz CT molecular complexity index is 704. The number of rotatable bonds is 7. The Labute approximate surface area is 133 Å². The van der Waals surface area contributed by atoms with Gasteiger partial charge in [-0.1, -0.05) is 44.4 Å². The Hall–Kier alpha value is -1.83. The summed E-state index contributed by atoms with van der Waals surface area (Å²) in [4.78, 5) is 0. The molecule has 4 heteroatoms. The molecule has 3 nitrogen and oxygen atoms in total. The van der Waals surface area contributed by atoms with Gasteiger partial charge >= 0.3 is 0 Å². The van der Waals surface area contributed by atoms with E-state index in [9.17, 15) is 0 Å². The van der Waals surface area contributed by atoms with Crippen LogP contribution >= 0.6 is 0 Å². The summed E-state index contributed by atoms with van der Waals surface area (Å²) < 4.78 is 8.03. The van der Waals surface area contributed by atoms with Crippen LogP contribution in [0.5, 0.6) is 0 Å². The Morgan fingerprint density at radius 1 is 1.32 bits per heavy atom. The highest BCUT2D eigenvalue weighted by Gasteiger charge is 2.15. The van der Waals surface area contributed by atoms with Crippen LogP contribution in [-0.2, 0) is 17.9 Å². The predicted octanol–water partition coefficient (Wildman–Crippen LogP) is 4.66. The van der Waals surface area contributed by atoms with Crippen molar-refractivity contribution in [2.24, 2.45) is 0 Å². The second kappa shape index (κ2) is 6.95. The first-order valence-electron chi connectivity index (χ1n) is 7.65. The van der Waals surface area contributed by atoms with Crippen LogP contribution in [0.25, 0.3) is 17.0 Å². The second-order valence-electron chi connectivity index (χ2n) is 6.70. The van der Waals surface area contributed by atoms with Crippen molar-refractivity contribution in [1.82, 2.24) is 4.57 Å². The summed E-state index contributed by atoms with van der Waals surface area (Å²) in [5.41, 5.74) is 3.15. The van der Waals surface area contributed by atoms with E-state index in [0.29, 0.717) is 13.2 Å². The lowest BCUT2D eigenvalue weighted by Gasteiger charge is -2.16. The monoisotopic (exact) mass is 312 g/mol. The third kappa shape index (κ3) is 3.68. The van der Waals surface area contributed by atoms with E-state index in [1.54, 1.807) is 0 Å². The molecular weight excluding hydrogens is 288 g/mol. The number of fused-ring (bicyclic) bond motifs is 1. The van der Waals surface area contributed by atoms with Gasteiger partial charge in [-0.15, -0.1) is 0 Å². The number of nitriles is 1. The molecule has 116 valence electrons. The van der Waals surface area contributed by atoms with Gasteiger partial charge in [0.1, 0.15) is 6.73 Å². The lowest BCUT2D eigenvalue weighted by atomic mass is 10.1. The van der Waals surface area contributed by atoms with Crippen LogP contribution in [-0.4, -0.2) is 19.2 Å². The number of benzene rings is 1. The maximum Gasteiger partial charge on any atom is 0.123 e. The molecule has 0 amide bonds. The number of ether oxygens (including phenoxy) is 1. The first-order valence-corrected chi connectivity index (χ1v) is 11.4. The predicted molar refractivity (Wildman–Crippen MR) is 95.5 cm³/mol. The summed E-state index contributed by atoms with van der Waals surface area (Å²) in [6.45, 7) is 12.3. The molecule has 2 aromatic rings. The number of para-hydroxylation sites is 1. The highest BCUT2D eigenvalue weighted by atomic mass is 28.3. The van der Waals surface area contributed by atoms with E-state index < -0.39 is 8.07 Å². The fourth-order valence-electron chi connectivity index (χ4n) is 2.57. The molecule has 1 aromatic heterocycles. The third-order valence-corrected chi connectivity index (χ3v) is 5.49. The van der Waals surface area contributed by atoms with Gasteiger partial charge in [-0.05, 0) is 23.7 Å². The van der Waals surface area contributed by atoms with Crippen molar-refractivity contribution in [2.75, 3.05) is 6.61 Å². The lowest BCUT2D eigenvalue weighted by molar-refractivity contribution is 0.0898. The molecule has 1 aromatic carbocycles. The van der Waals surface area contributed by atoms with E-state index in [0.717, 1.165) is 34.8 Å².